The fourth-order valence-corrected chi connectivity index (χ4v) is 4.18. The summed E-state index contributed by atoms with van der Waals surface area (Å²) in [5, 5.41) is 5.96. The number of hydrogen-bond acceptors (Lipinski definition) is 5. The van der Waals surface area contributed by atoms with E-state index in [1.54, 1.807) is 13.2 Å². The maximum absolute atomic E-state index is 13.1. The number of rotatable bonds is 7. The lowest BCUT2D eigenvalue weighted by molar-refractivity contribution is -0.117. The van der Waals surface area contributed by atoms with Gasteiger partial charge in [-0.05, 0) is 49.6 Å². The van der Waals surface area contributed by atoms with Crippen molar-refractivity contribution in [3.8, 4) is 5.75 Å². The number of ether oxygens (including phenoxy) is 1. The Labute approximate surface area is 203 Å². The Morgan fingerprint density at radius 2 is 1.59 bits per heavy atom. The van der Waals surface area contributed by atoms with Crippen molar-refractivity contribution in [3.05, 3.63) is 48.0 Å². The zero-order chi connectivity index (χ0) is 24.9. The first-order chi connectivity index (χ1) is 16.1. The molecule has 2 aromatic carbocycles. The first-order valence-corrected chi connectivity index (χ1v) is 11.9. The molecule has 1 fully saturated rings. The first kappa shape index (κ1) is 25.4. The van der Waals surface area contributed by atoms with E-state index in [4.69, 9.17) is 4.74 Å². The molecule has 1 aliphatic rings. The van der Waals surface area contributed by atoms with Crippen molar-refractivity contribution < 1.29 is 14.3 Å². The Kier molecular flexibility index (Phi) is 8.07. The number of hydrogen-bond donors (Lipinski definition) is 2. The lowest BCUT2D eigenvalue weighted by atomic mass is 9.92. The third kappa shape index (κ3) is 6.65. The van der Waals surface area contributed by atoms with Crippen molar-refractivity contribution >= 4 is 28.9 Å². The Hall–Kier alpha value is -3.22. The molecular formula is C27H38N4O3. The topological polar surface area (TPSA) is 73.9 Å². The van der Waals surface area contributed by atoms with Gasteiger partial charge in [0, 0.05) is 50.0 Å². The van der Waals surface area contributed by atoms with Crippen LogP contribution < -0.4 is 25.2 Å². The minimum Gasteiger partial charge on any atom is -0.495 e. The number of methoxy groups -OCH3 is 1. The first-order valence-electron chi connectivity index (χ1n) is 11.9. The lowest BCUT2D eigenvalue weighted by Crippen LogP contribution is -2.47. The monoisotopic (exact) mass is 466 g/mol. The largest absolute Gasteiger partial charge is 0.495 e. The maximum Gasteiger partial charge on any atom is 0.253 e. The normalized spacial score (nSPS) is 14.2. The third-order valence-electron chi connectivity index (χ3n) is 5.68. The Morgan fingerprint density at radius 1 is 0.971 bits per heavy atom. The molecule has 0 aliphatic carbocycles. The number of piperazine rings is 1. The highest BCUT2D eigenvalue weighted by Crippen LogP contribution is 2.31. The zero-order valence-electron chi connectivity index (χ0n) is 21.3. The molecule has 7 nitrogen and oxygen atoms in total. The van der Waals surface area contributed by atoms with Gasteiger partial charge in [-0.15, -0.1) is 0 Å². The summed E-state index contributed by atoms with van der Waals surface area (Å²) in [7, 11) is 1.69. The van der Waals surface area contributed by atoms with Gasteiger partial charge in [0.15, 0.2) is 0 Å². The number of amides is 2. The molecule has 2 aromatic rings. The summed E-state index contributed by atoms with van der Waals surface area (Å²) in [6, 6.07) is 13.7. The molecule has 0 bridgehead atoms. The number of anilines is 3. The van der Waals surface area contributed by atoms with E-state index >= 15 is 0 Å². The van der Waals surface area contributed by atoms with E-state index in [1.807, 2.05) is 65.0 Å². The molecule has 1 heterocycles. The SMILES string of the molecule is COc1ccccc1N1CCN(c2ccc(NC(=O)CC(C)(C)C)cc2C(=O)NC(C)C)CC1. The molecule has 0 saturated carbocycles. The Morgan fingerprint density at radius 3 is 2.18 bits per heavy atom. The minimum absolute atomic E-state index is 0.0156. The van der Waals surface area contributed by atoms with E-state index in [9.17, 15) is 9.59 Å². The highest BCUT2D eigenvalue weighted by Gasteiger charge is 2.24. The van der Waals surface area contributed by atoms with Crippen LogP contribution in [0.5, 0.6) is 5.75 Å². The second-order valence-corrected chi connectivity index (χ2v) is 10.3. The van der Waals surface area contributed by atoms with Crippen LogP contribution >= 0.6 is 0 Å². The molecule has 0 radical (unpaired) electrons. The average molecular weight is 467 g/mol. The van der Waals surface area contributed by atoms with Crippen LogP contribution in [0, 0.1) is 5.41 Å². The molecule has 1 saturated heterocycles. The number of nitrogens with one attached hydrogen (secondary N) is 2. The van der Waals surface area contributed by atoms with E-state index in [1.165, 1.54) is 0 Å². The van der Waals surface area contributed by atoms with Crippen LogP contribution in [0.1, 0.15) is 51.4 Å². The number of carbonyl (C=O) groups excluding carboxylic acids is 2. The van der Waals surface area contributed by atoms with Crippen LogP contribution in [0.4, 0.5) is 17.1 Å². The number of para-hydroxylation sites is 2. The van der Waals surface area contributed by atoms with E-state index in [0.29, 0.717) is 17.7 Å². The summed E-state index contributed by atoms with van der Waals surface area (Å²) in [4.78, 5) is 30.1. The van der Waals surface area contributed by atoms with E-state index in [2.05, 4.69) is 26.5 Å². The molecular weight excluding hydrogens is 428 g/mol. The van der Waals surface area contributed by atoms with Crippen LogP contribution in [0.15, 0.2) is 42.5 Å². The predicted octanol–water partition coefficient (Wildman–Crippen LogP) is 4.53. The van der Waals surface area contributed by atoms with Crippen LogP contribution in [0.3, 0.4) is 0 Å². The molecule has 2 N–H and O–H groups in total. The Balaban J connectivity index is 1.80. The van der Waals surface area contributed by atoms with Crippen LogP contribution in [0.2, 0.25) is 0 Å². The Bertz CT molecular complexity index is 1010. The summed E-state index contributed by atoms with van der Waals surface area (Å²) in [5.74, 6) is 0.674. The highest BCUT2D eigenvalue weighted by atomic mass is 16.5. The summed E-state index contributed by atoms with van der Waals surface area (Å²) in [6.45, 7) is 13.2. The molecule has 3 rings (SSSR count). The van der Waals surface area contributed by atoms with Crippen molar-refractivity contribution in [2.75, 3.05) is 48.4 Å². The maximum atomic E-state index is 13.1. The molecule has 0 unspecified atom stereocenters. The molecule has 0 atom stereocenters. The highest BCUT2D eigenvalue weighted by molar-refractivity contribution is 6.02. The minimum atomic E-state index is -0.135. The summed E-state index contributed by atoms with van der Waals surface area (Å²) in [5.41, 5.74) is 3.07. The van der Waals surface area contributed by atoms with E-state index in [-0.39, 0.29) is 23.3 Å². The van der Waals surface area contributed by atoms with Crippen LogP contribution in [0.25, 0.3) is 0 Å². The quantitative estimate of drug-likeness (QED) is 0.627. The fraction of sp³-hybridized carbons (Fsp3) is 0.481. The lowest BCUT2D eigenvalue weighted by Gasteiger charge is -2.38. The molecule has 7 heteroatoms. The standard InChI is InChI=1S/C27H38N4O3/c1-19(2)28-26(33)21-17-20(29-25(32)18-27(3,4)5)11-12-22(21)30-13-15-31(16-14-30)23-9-7-8-10-24(23)34-6/h7-12,17,19H,13-16,18H2,1-6H3,(H,28,33)(H,29,32). The number of benzene rings is 2. The van der Waals surface area contributed by atoms with Crippen LogP contribution in [-0.4, -0.2) is 51.1 Å². The smallest absolute Gasteiger partial charge is 0.253 e. The van der Waals surface area contributed by atoms with Crippen molar-refractivity contribution in [1.82, 2.24) is 5.32 Å². The molecule has 34 heavy (non-hydrogen) atoms. The molecule has 1 aliphatic heterocycles. The third-order valence-corrected chi connectivity index (χ3v) is 5.68. The molecule has 0 aromatic heterocycles. The van der Waals surface area contributed by atoms with Gasteiger partial charge in [0.05, 0.1) is 18.4 Å². The predicted molar refractivity (Wildman–Crippen MR) is 139 cm³/mol. The van der Waals surface area contributed by atoms with Crippen LogP contribution in [-0.2, 0) is 4.79 Å². The van der Waals surface area contributed by atoms with Gasteiger partial charge in [-0.2, -0.15) is 0 Å². The zero-order valence-corrected chi connectivity index (χ0v) is 21.3. The number of nitrogens with zero attached hydrogens (tertiary/aromatic N) is 2. The second kappa shape index (κ2) is 10.8. The fourth-order valence-electron chi connectivity index (χ4n) is 4.18. The average Bonchev–Trinajstić information content (AvgIpc) is 2.77. The second-order valence-electron chi connectivity index (χ2n) is 10.3. The summed E-state index contributed by atoms with van der Waals surface area (Å²) < 4.78 is 5.53. The van der Waals surface area contributed by atoms with Crippen molar-refractivity contribution in [2.45, 2.75) is 47.1 Å². The van der Waals surface area contributed by atoms with Crippen molar-refractivity contribution in [2.24, 2.45) is 5.41 Å². The summed E-state index contributed by atoms with van der Waals surface area (Å²) >= 11 is 0. The van der Waals surface area contributed by atoms with Crippen molar-refractivity contribution in [3.63, 3.8) is 0 Å². The van der Waals surface area contributed by atoms with E-state index in [0.717, 1.165) is 43.3 Å². The van der Waals surface area contributed by atoms with E-state index < -0.39 is 0 Å². The van der Waals surface area contributed by atoms with Gasteiger partial charge in [0.1, 0.15) is 5.75 Å². The number of carbonyl (C=O) groups is 2. The van der Waals surface area contributed by atoms with Gasteiger partial charge in [0.25, 0.3) is 5.91 Å². The van der Waals surface area contributed by atoms with Gasteiger partial charge in [-0.25, -0.2) is 0 Å². The molecule has 184 valence electrons. The van der Waals surface area contributed by atoms with Gasteiger partial charge in [-0.3, -0.25) is 9.59 Å². The van der Waals surface area contributed by atoms with Gasteiger partial charge < -0.3 is 25.2 Å². The van der Waals surface area contributed by atoms with Gasteiger partial charge in [0.2, 0.25) is 5.91 Å². The molecule has 2 amide bonds. The van der Waals surface area contributed by atoms with Crippen molar-refractivity contribution in [1.29, 1.82) is 0 Å². The van der Waals surface area contributed by atoms with Gasteiger partial charge >= 0.3 is 0 Å². The molecule has 0 spiro atoms. The summed E-state index contributed by atoms with van der Waals surface area (Å²) in [6.07, 6.45) is 0.410. The van der Waals surface area contributed by atoms with Gasteiger partial charge in [-0.1, -0.05) is 32.9 Å².